The fourth-order valence-corrected chi connectivity index (χ4v) is 18.6. The molecule has 0 bridgehead atoms. The van der Waals surface area contributed by atoms with Crippen molar-refractivity contribution in [1.29, 1.82) is 0 Å². The molecule has 0 amide bonds. The number of furan rings is 2. The number of fused-ring (bicyclic) bond motifs is 8. The van der Waals surface area contributed by atoms with Gasteiger partial charge in [0.15, 0.2) is 5.76 Å². The van der Waals surface area contributed by atoms with E-state index in [-0.39, 0.29) is 0 Å². The molecule has 19 rings (SSSR count). The maximum Gasteiger partial charge on any atom is 0.152 e. The van der Waals surface area contributed by atoms with Crippen LogP contribution in [0.25, 0.3) is 188 Å². The molecule has 0 aliphatic heterocycles. The van der Waals surface area contributed by atoms with Gasteiger partial charge in [-0.1, -0.05) is 102 Å². The van der Waals surface area contributed by atoms with E-state index in [1.807, 2.05) is 69.1 Å². The number of rotatable bonds is 12. The molecule has 19 aromatic rings. The first-order valence-electron chi connectivity index (χ1n) is 31.6. The van der Waals surface area contributed by atoms with Gasteiger partial charge in [-0.2, -0.15) is 0 Å². The summed E-state index contributed by atoms with van der Waals surface area (Å²) in [5.74, 6) is 0.736. The Hall–Kier alpha value is -11.0. The monoisotopic (exact) mass is 1320 g/mol. The second kappa shape index (κ2) is 22.9. The fraction of sp³-hybridized carbons (Fsp3) is 0.0238. The van der Waals surface area contributed by atoms with Crippen molar-refractivity contribution in [1.82, 2.24) is 24.7 Å². The van der Waals surface area contributed by atoms with Gasteiger partial charge in [0.1, 0.15) is 16.2 Å². The molecule has 0 aliphatic rings. The van der Waals surface area contributed by atoms with Crippen molar-refractivity contribution in [3.63, 3.8) is 0 Å². The minimum absolute atomic E-state index is 0.736. The molecule has 0 saturated carbocycles. The van der Waals surface area contributed by atoms with E-state index >= 15 is 0 Å². The third-order valence-electron chi connectivity index (χ3n) is 18.2. The average Bonchev–Trinajstić information content (AvgIpc) is 1.58. The van der Waals surface area contributed by atoms with Crippen LogP contribution in [0.1, 0.15) is 11.1 Å². The molecule has 10 aromatic heterocycles. The van der Waals surface area contributed by atoms with Gasteiger partial charge in [-0.3, -0.25) is 0 Å². The molecule has 0 radical (unpaired) electrons. The van der Waals surface area contributed by atoms with Crippen molar-refractivity contribution < 1.29 is 8.83 Å². The molecule has 454 valence electrons. The fourth-order valence-electron chi connectivity index (χ4n) is 13.8. The summed E-state index contributed by atoms with van der Waals surface area (Å²) < 4.78 is 18.9. The summed E-state index contributed by atoms with van der Waals surface area (Å²) >= 11 is 8.95. The Balaban J connectivity index is 0.780. The number of hydrogen-bond acceptors (Lipinski definition) is 11. The van der Waals surface area contributed by atoms with Crippen LogP contribution in [0.2, 0.25) is 0 Å². The van der Waals surface area contributed by atoms with Crippen LogP contribution in [0, 0.1) is 13.8 Å². The van der Waals surface area contributed by atoms with Crippen LogP contribution < -0.4 is 0 Å². The van der Waals surface area contributed by atoms with Crippen molar-refractivity contribution in [3.05, 3.63) is 284 Å². The average molecular weight is 1320 g/mol. The Labute approximate surface area is 571 Å². The van der Waals surface area contributed by atoms with E-state index in [9.17, 15) is 0 Å². The first kappa shape index (κ1) is 56.6. The normalized spacial score (nSPS) is 11.9. The molecule has 7 nitrogen and oxygen atoms in total. The lowest BCUT2D eigenvalue weighted by atomic mass is 9.94. The third-order valence-corrected chi connectivity index (χ3v) is 23.6. The van der Waals surface area contributed by atoms with Crippen molar-refractivity contribution >= 4 is 119 Å². The topological polar surface area (TPSA) is 82.8 Å². The van der Waals surface area contributed by atoms with Gasteiger partial charge in [0, 0.05) is 87.8 Å². The molecule has 0 atom stereocenters. The van der Waals surface area contributed by atoms with Gasteiger partial charge in [0.25, 0.3) is 0 Å². The van der Waals surface area contributed by atoms with Crippen LogP contribution in [-0.4, -0.2) is 24.7 Å². The van der Waals surface area contributed by atoms with Crippen molar-refractivity contribution in [2.45, 2.75) is 13.8 Å². The highest BCUT2D eigenvalue weighted by Crippen LogP contribution is 2.48. The van der Waals surface area contributed by atoms with Crippen LogP contribution >= 0.6 is 56.7 Å². The number of thiophene rings is 4. The molecule has 0 fully saturated rings. The second-order valence-corrected chi connectivity index (χ2v) is 29.6. The molecule has 0 aliphatic carbocycles. The largest absolute Gasteiger partial charge is 0.472 e. The summed E-state index contributed by atoms with van der Waals surface area (Å²) in [6.45, 7) is 4.25. The van der Waals surface area contributed by atoms with Gasteiger partial charge in [0.2, 0.25) is 0 Å². The number of benzene rings is 9. The molecule has 10 heterocycles. The number of aryl methyl sites for hydroxylation is 2. The Morgan fingerprint density at radius 2 is 0.938 bits per heavy atom. The van der Waals surface area contributed by atoms with E-state index < -0.39 is 0 Å². The van der Waals surface area contributed by atoms with Gasteiger partial charge in [0.05, 0.1) is 46.9 Å². The minimum Gasteiger partial charge on any atom is -0.472 e. The lowest BCUT2D eigenvalue weighted by Gasteiger charge is -2.13. The van der Waals surface area contributed by atoms with E-state index in [2.05, 4.69) is 259 Å². The van der Waals surface area contributed by atoms with Gasteiger partial charge in [-0.15, -0.1) is 55.5 Å². The third kappa shape index (κ3) is 9.95. The molecule has 0 spiro atoms. The maximum absolute atomic E-state index is 5.88. The van der Waals surface area contributed by atoms with Gasteiger partial charge < -0.3 is 13.4 Å². The smallest absolute Gasteiger partial charge is 0.152 e. The Bertz CT molecular complexity index is 6050. The van der Waals surface area contributed by atoms with E-state index in [4.69, 9.17) is 18.8 Å². The SMILES string of the molecule is Cc1cc(-c2ccoc2)nc(-c2ccc3c(c2)c2cc(-c4cc(C)cc(-c5ccco5)n4)ccc2n3-c2cc(-c3ccc(-c4cc(-c5ccc6sc7cccc(-c8ccccc8-c8nncs8)c7c6c5)cc(-c5cc6ccccc6s5)c4)s3)cc(-c3cc4ccccc4s3)c2)c1. The van der Waals surface area contributed by atoms with E-state index in [0.29, 0.717) is 0 Å². The summed E-state index contributed by atoms with van der Waals surface area (Å²) in [5, 5.41) is 16.9. The first-order chi connectivity index (χ1) is 47.3. The Morgan fingerprint density at radius 1 is 0.365 bits per heavy atom. The highest BCUT2D eigenvalue weighted by atomic mass is 32.1. The molecule has 0 unspecified atom stereocenters. The summed E-state index contributed by atoms with van der Waals surface area (Å²) in [7, 11) is 0. The lowest BCUT2D eigenvalue weighted by Crippen LogP contribution is -1.96. The highest BCUT2D eigenvalue weighted by molar-refractivity contribution is 7.26. The number of aromatic nitrogens is 5. The van der Waals surface area contributed by atoms with Crippen LogP contribution in [0.4, 0.5) is 0 Å². The summed E-state index contributed by atoms with van der Waals surface area (Å²) in [6.07, 6.45) is 5.16. The van der Waals surface area contributed by atoms with E-state index in [1.54, 1.807) is 30.1 Å². The first-order valence-corrected chi connectivity index (χ1v) is 35.8. The molecule has 96 heavy (non-hydrogen) atoms. The molecular formula is C84H51N5O2S5. The van der Waals surface area contributed by atoms with E-state index in [0.717, 1.165) is 111 Å². The van der Waals surface area contributed by atoms with Gasteiger partial charge in [-0.25, -0.2) is 9.97 Å². The van der Waals surface area contributed by atoms with E-state index in [1.165, 1.54) is 87.7 Å². The standard InChI is InChI=1S/C84H51N5O2S5/c1-48-31-68(86-70(33-48)55-28-30-90-46-55)51-20-23-72-65(42-51)66-43-52(69-32-49(2)34-71(87-69)74-16-10-29-91-74)21-24-73(66)89(72)61-39-59(38-60(40-61)82-45-54-12-4-8-18-76(54)95-82)78-27-26-77(93-78)57-35-56(36-58(37-57)81-44-53-11-3-7-17-75(53)94-81)50-22-25-79-67(41-50)83-63(15-9-19-80(83)96-79)62-13-5-6-14-64(62)84-88-85-47-92-84/h3-47H,1-2H3. The number of nitrogens with zero attached hydrogens (tertiary/aromatic N) is 5. The lowest BCUT2D eigenvalue weighted by molar-refractivity contribution is 0.568. The quantitative estimate of drug-likeness (QED) is 0.121. The van der Waals surface area contributed by atoms with Gasteiger partial charge in [-0.05, 0) is 238 Å². The zero-order valence-corrected chi connectivity index (χ0v) is 55.7. The predicted octanol–water partition coefficient (Wildman–Crippen LogP) is 25.4. The number of hydrogen-bond donors (Lipinski definition) is 0. The predicted molar refractivity (Wildman–Crippen MR) is 405 cm³/mol. The molecule has 0 saturated heterocycles. The zero-order valence-electron chi connectivity index (χ0n) is 51.6. The highest BCUT2D eigenvalue weighted by Gasteiger charge is 2.22. The van der Waals surface area contributed by atoms with Gasteiger partial charge >= 0.3 is 0 Å². The molecular weight excluding hydrogens is 1270 g/mol. The van der Waals surface area contributed by atoms with Crippen LogP contribution in [0.5, 0.6) is 0 Å². The van der Waals surface area contributed by atoms with Crippen molar-refractivity contribution in [3.8, 4) is 126 Å². The molecule has 9 aromatic carbocycles. The minimum atomic E-state index is 0.736. The summed E-state index contributed by atoms with van der Waals surface area (Å²) in [4.78, 5) is 15.3. The second-order valence-electron chi connectivity index (χ2n) is 24.4. The maximum atomic E-state index is 5.88. The van der Waals surface area contributed by atoms with Crippen LogP contribution in [0.3, 0.4) is 0 Å². The number of pyridine rings is 2. The Morgan fingerprint density at radius 3 is 1.58 bits per heavy atom. The molecule has 12 heteroatoms. The van der Waals surface area contributed by atoms with Crippen LogP contribution in [0.15, 0.2) is 282 Å². The summed E-state index contributed by atoms with van der Waals surface area (Å²) in [5.41, 5.74) is 24.1. The molecule has 0 N–H and O–H groups in total. The zero-order chi connectivity index (χ0) is 63.5. The Kier molecular flexibility index (Phi) is 13.5. The van der Waals surface area contributed by atoms with Crippen molar-refractivity contribution in [2.24, 2.45) is 0 Å². The summed E-state index contributed by atoms with van der Waals surface area (Å²) in [6, 6.07) is 91.5. The van der Waals surface area contributed by atoms with Crippen LogP contribution in [-0.2, 0) is 0 Å². The van der Waals surface area contributed by atoms with Crippen molar-refractivity contribution in [2.75, 3.05) is 0 Å².